The van der Waals surface area contributed by atoms with Gasteiger partial charge in [-0.25, -0.2) is 9.97 Å². The lowest BCUT2D eigenvalue weighted by molar-refractivity contribution is 0.205. The number of benzene rings is 1. The van der Waals surface area contributed by atoms with Gasteiger partial charge in [-0.3, -0.25) is 79.3 Å². The van der Waals surface area contributed by atoms with Crippen molar-refractivity contribution in [2.24, 2.45) is 9.98 Å². The number of fused-ring (bicyclic) bond motifs is 5. The zero-order valence-corrected chi connectivity index (χ0v) is 90.1. The van der Waals surface area contributed by atoms with Gasteiger partial charge in [0.25, 0.3) is 0 Å². The van der Waals surface area contributed by atoms with Gasteiger partial charge >= 0.3 is 0 Å². The van der Waals surface area contributed by atoms with Crippen molar-refractivity contribution in [2.75, 3.05) is 100 Å². The largest absolute Gasteiger partial charge is 0.374 e. The number of unbranched alkanes of at least 4 members (excludes halogenated alkanes) is 10. The lowest BCUT2D eigenvalue weighted by Gasteiger charge is -2.32. The molecule has 3 aliphatic heterocycles. The molecule has 1 aromatic carbocycles. The SMILES string of the molecule is CCCCCc1nc(N(C)C)ncc1CN(C)C1CCCc2cccnc21.CN(Cc1ncccc1CCCCCC1=NCCCN1)C1CCCc2cccnc21.CN(Cc1ncccc1CCCCCC1=NCCN1)C1CCCc2cccnc21.CN(Cc1ncccc1CCCCCCc1ccccc1)C1CCCc2cccnc21.CN(Cc1ncccc1CCCCN1CCCCC1)C1CCCc2cccnc21. The molecule has 5 unspecified atom stereocenters. The van der Waals surface area contributed by atoms with Crippen LogP contribution >= 0.6 is 0 Å². The second kappa shape index (κ2) is 60.0. The van der Waals surface area contributed by atoms with Gasteiger partial charge in [0.2, 0.25) is 5.95 Å². The van der Waals surface area contributed by atoms with E-state index in [1.165, 1.54) is 348 Å². The number of rotatable bonds is 44. The number of anilines is 1. The zero-order chi connectivity index (χ0) is 101. The minimum Gasteiger partial charge on any atom is -0.374 e. The molecule has 8 aliphatic rings. The number of hydrogen-bond donors (Lipinski definition) is 2. The minimum absolute atomic E-state index is 0.381. The molecule has 0 saturated carbocycles. The number of aliphatic imine (C=N–C) groups is 2. The molecular weight excluding hydrogens is 1800 g/mol. The van der Waals surface area contributed by atoms with Crippen LogP contribution in [0, 0.1) is 0 Å². The fraction of sp³-hybridized carbons (Fsp3) is 0.540. The highest BCUT2D eigenvalue weighted by Crippen LogP contribution is 2.40. The van der Waals surface area contributed by atoms with Crippen LogP contribution in [0.5, 0.6) is 0 Å². The molecule has 0 spiro atoms. The van der Waals surface area contributed by atoms with Crippen LogP contribution in [-0.2, 0) is 103 Å². The fourth-order valence-electron chi connectivity index (χ4n) is 23.1. The number of nitrogens with one attached hydrogen (secondary N) is 2. The van der Waals surface area contributed by atoms with E-state index in [-0.39, 0.29) is 0 Å². The molecule has 22 heteroatoms. The molecule has 22 nitrogen and oxygen atoms in total. The van der Waals surface area contributed by atoms with Crippen LogP contribution in [0.2, 0.25) is 0 Å². The lowest BCUT2D eigenvalue weighted by atomic mass is 9.91. The standard InChI is InChI=1S/C28H35N3.C25H35N5.C25H36N4.C24H33N5.C22H33N5/c1-31(27-19-9-16-25-18-11-21-30-28(25)27)22-26-24(17-10-20-29-26)15-8-3-2-5-12-23-13-6-4-7-14-23;1-30(23-13-5-10-21-12-7-16-29-25(21)23)19-22-20(11-6-15-26-22)9-3-2-4-14-24-27-17-8-18-28-24;1-28(24-14-7-11-22-13-9-16-27-25(22)24)20-23-21(12-8-15-26-23)10-3-6-19-29-17-4-2-5-18-29;1-29(22-12-5-9-20-11-7-15-28-24(20)22)18-21-19(10-6-14-25-21)8-3-2-4-13-23-26-16-17-27-23;1-5-6-7-12-19-18(15-24-22(25-19)26(2)3)16-27(4)20-13-8-10-17-11-9-14-23-21(17)20/h4,6-7,10-11,13-14,17-18,20-21,27H,2-3,5,8-9,12,15-16,19,22H2,1H3;6-7,11-12,15-16,23H,2-5,8-10,13-14,17-19H2,1H3,(H,27,28);8-9,12-13,15-16,24H,2-7,10-11,14,17-20H2,1H3;6-7,10-11,14-15,22H,2-5,8-9,12-13,16-18H2,1H3,(H,26,27);9,11,14-15,20H,5-8,10,12-13,16H2,1-4H3. The summed E-state index contributed by atoms with van der Waals surface area (Å²) in [6.45, 7) is 14.6. The Bertz CT molecular complexity index is 5740. The molecule has 0 amide bonds. The van der Waals surface area contributed by atoms with Gasteiger partial charge in [0.1, 0.15) is 0 Å². The van der Waals surface area contributed by atoms with Gasteiger partial charge in [-0.05, 0) is 377 Å². The molecule has 1 fully saturated rings. The highest BCUT2D eigenvalue weighted by molar-refractivity contribution is 5.83. The third-order valence-electron chi connectivity index (χ3n) is 31.4. The van der Waals surface area contributed by atoms with E-state index in [2.05, 4.69) is 237 Å². The van der Waals surface area contributed by atoms with Crippen LogP contribution in [0.3, 0.4) is 0 Å². The molecule has 11 aromatic rings. The van der Waals surface area contributed by atoms with Crippen LogP contribution in [0.1, 0.15) is 354 Å². The molecule has 1 saturated heterocycles. The Morgan fingerprint density at radius 2 is 0.630 bits per heavy atom. The number of aromatic nitrogens is 11. The van der Waals surface area contributed by atoms with Crippen LogP contribution in [0.4, 0.5) is 5.95 Å². The first-order valence-corrected chi connectivity index (χ1v) is 56.6. The van der Waals surface area contributed by atoms with E-state index >= 15 is 0 Å². The van der Waals surface area contributed by atoms with Crippen LogP contribution in [0.25, 0.3) is 0 Å². The predicted molar refractivity (Wildman–Crippen MR) is 599 cm³/mol. The zero-order valence-electron chi connectivity index (χ0n) is 90.1. The van der Waals surface area contributed by atoms with Gasteiger partial charge in [0.05, 0.1) is 105 Å². The minimum atomic E-state index is 0.381. The van der Waals surface area contributed by atoms with E-state index in [9.17, 15) is 0 Å². The highest BCUT2D eigenvalue weighted by Gasteiger charge is 2.33. The maximum absolute atomic E-state index is 4.86. The van der Waals surface area contributed by atoms with Crippen molar-refractivity contribution in [1.29, 1.82) is 0 Å². The summed E-state index contributed by atoms with van der Waals surface area (Å²) in [6.07, 6.45) is 70.3. The Kier molecular flexibility index (Phi) is 44.9. The molecular formula is C124H172N22. The smallest absolute Gasteiger partial charge is 0.225 e. The summed E-state index contributed by atoms with van der Waals surface area (Å²) < 4.78 is 0. The Morgan fingerprint density at radius 1 is 0.288 bits per heavy atom. The Balaban J connectivity index is 0.000000137. The second-order valence-corrected chi connectivity index (χ2v) is 42.5. The molecule has 0 radical (unpaired) electrons. The molecule has 2 N–H and O–H groups in total. The van der Waals surface area contributed by atoms with E-state index < -0.39 is 0 Å². The number of nitrogens with zero attached hydrogens (tertiary/aromatic N) is 20. The average Bonchev–Trinajstić information content (AvgIpc) is 1.03. The van der Waals surface area contributed by atoms with Crippen molar-refractivity contribution < 1.29 is 0 Å². The maximum atomic E-state index is 4.86. The van der Waals surface area contributed by atoms with Gasteiger partial charge in [-0.15, -0.1) is 0 Å². The monoisotopic (exact) mass is 1970 g/mol. The van der Waals surface area contributed by atoms with Crippen molar-refractivity contribution in [2.45, 2.75) is 340 Å². The van der Waals surface area contributed by atoms with Gasteiger partial charge in [0, 0.05) is 147 Å². The third-order valence-corrected chi connectivity index (χ3v) is 31.4. The van der Waals surface area contributed by atoms with Gasteiger partial charge in [0.15, 0.2) is 0 Å². The molecule has 10 aromatic heterocycles. The normalized spacial score (nSPS) is 17.8. The van der Waals surface area contributed by atoms with E-state index in [0.717, 1.165) is 135 Å². The number of aryl methyl sites for hydroxylation is 11. The Hall–Kier alpha value is -10.9. The summed E-state index contributed by atoms with van der Waals surface area (Å²) in [5, 5.41) is 6.79. The molecule has 5 atom stereocenters. The summed E-state index contributed by atoms with van der Waals surface area (Å²) in [6, 6.07) is 51.8. The van der Waals surface area contributed by atoms with Gasteiger partial charge < -0.3 is 20.4 Å². The molecule has 13 heterocycles. The lowest BCUT2D eigenvalue weighted by Crippen LogP contribution is -2.30. The van der Waals surface area contributed by atoms with Gasteiger partial charge in [-0.2, -0.15) is 0 Å². The van der Waals surface area contributed by atoms with Gasteiger partial charge in [-0.1, -0.05) is 137 Å². The first-order chi connectivity index (χ1) is 71.8. The summed E-state index contributed by atoms with van der Waals surface area (Å²) in [5.74, 6) is 3.22. The Morgan fingerprint density at radius 3 is 1.00 bits per heavy atom. The Labute approximate surface area is 876 Å². The predicted octanol–water partition coefficient (Wildman–Crippen LogP) is 23.9. The first kappa shape index (κ1) is 109. The fourth-order valence-corrected chi connectivity index (χ4v) is 23.1. The highest BCUT2D eigenvalue weighted by atomic mass is 15.2. The molecule has 778 valence electrons. The topological polar surface area (TPSA) is 213 Å². The maximum Gasteiger partial charge on any atom is 0.225 e. The number of amidine groups is 2. The second-order valence-electron chi connectivity index (χ2n) is 42.5. The third kappa shape index (κ3) is 33.6. The van der Waals surface area contributed by atoms with Crippen molar-refractivity contribution in [3.8, 4) is 0 Å². The summed E-state index contributed by atoms with van der Waals surface area (Å²) in [5.41, 5.74) is 27.9. The number of hydrogen-bond acceptors (Lipinski definition) is 22. The van der Waals surface area contributed by atoms with Crippen LogP contribution in [-0.4, -0.2) is 191 Å². The molecule has 146 heavy (non-hydrogen) atoms. The summed E-state index contributed by atoms with van der Waals surface area (Å²) in [7, 11) is 15.1. The number of likely N-dealkylation sites (tertiary alicyclic amines) is 1. The summed E-state index contributed by atoms with van der Waals surface area (Å²) in [4.78, 5) is 78.0. The molecule has 0 bridgehead atoms. The summed E-state index contributed by atoms with van der Waals surface area (Å²) >= 11 is 0. The van der Waals surface area contributed by atoms with E-state index in [1.807, 2.05) is 81.0 Å². The van der Waals surface area contributed by atoms with Crippen LogP contribution in [0.15, 0.2) is 211 Å². The van der Waals surface area contributed by atoms with E-state index in [1.54, 1.807) is 0 Å². The van der Waals surface area contributed by atoms with Crippen LogP contribution < -0.4 is 15.5 Å². The van der Waals surface area contributed by atoms with Crippen molar-refractivity contribution in [1.82, 2.24) is 94.9 Å². The number of pyridine rings is 9. The quantitative estimate of drug-likeness (QED) is 0.0340. The van der Waals surface area contributed by atoms with Crippen molar-refractivity contribution in [3.63, 3.8) is 0 Å². The average molecular weight is 1970 g/mol. The first-order valence-electron chi connectivity index (χ1n) is 56.6. The molecule has 19 rings (SSSR count). The molecule has 5 aliphatic carbocycles. The van der Waals surface area contributed by atoms with E-state index in [0.29, 0.717) is 30.2 Å². The van der Waals surface area contributed by atoms with Crippen molar-refractivity contribution >= 4 is 17.6 Å². The van der Waals surface area contributed by atoms with E-state index in [4.69, 9.17) is 49.8 Å². The number of piperidine rings is 1. The van der Waals surface area contributed by atoms with Crippen molar-refractivity contribution in [3.05, 3.63) is 320 Å².